The molecule has 5 heteroatoms. The van der Waals surface area contributed by atoms with Crippen LogP contribution >= 0.6 is 0 Å². The first-order valence-corrected chi connectivity index (χ1v) is 8.27. The first-order chi connectivity index (χ1) is 11.2. The second kappa shape index (κ2) is 5.81. The van der Waals surface area contributed by atoms with Crippen LogP contribution in [0.1, 0.15) is 41.5 Å². The number of hydrogen-bond acceptors (Lipinski definition) is 4. The monoisotopic (exact) mass is 310 g/mol. The highest BCUT2D eigenvalue weighted by Crippen LogP contribution is 2.30. The lowest BCUT2D eigenvalue weighted by atomic mass is 9.97. The van der Waals surface area contributed by atoms with E-state index in [4.69, 9.17) is 4.42 Å². The van der Waals surface area contributed by atoms with Gasteiger partial charge in [-0.3, -0.25) is 10.00 Å². The Labute approximate surface area is 135 Å². The van der Waals surface area contributed by atoms with Gasteiger partial charge in [0.1, 0.15) is 23.5 Å². The molecule has 1 aliphatic rings. The van der Waals surface area contributed by atoms with E-state index in [1.165, 1.54) is 29.4 Å². The van der Waals surface area contributed by atoms with Gasteiger partial charge in [-0.25, -0.2) is 4.98 Å². The number of aromatic amines is 1. The van der Waals surface area contributed by atoms with E-state index in [0.29, 0.717) is 5.92 Å². The zero-order valence-electron chi connectivity index (χ0n) is 13.7. The summed E-state index contributed by atoms with van der Waals surface area (Å²) < 4.78 is 6.11. The molecular formula is C18H22N4O. The van der Waals surface area contributed by atoms with Crippen LogP contribution in [0.3, 0.4) is 0 Å². The lowest BCUT2D eigenvalue weighted by Crippen LogP contribution is -2.34. The van der Waals surface area contributed by atoms with E-state index >= 15 is 0 Å². The molecule has 1 atom stereocenters. The van der Waals surface area contributed by atoms with Crippen molar-refractivity contribution in [2.75, 3.05) is 13.1 Å². The molecule has 4 rings (SSSR count). The fourth-order valence-corrected chi connectivity index (χ4v) is 3.57. The molecule has 1 aromatic carbocycles. The van der Waals surface area contributed by atoms with Crippen molar-refractivity contribution in [1.82, 2.24) is 20.1 Å². The molecule has 0 aliphatic carbocycles. The molecule has 5 nitrogen and oxygen atoms in total. The van der Waals surface area contributed by atoms with Crippen molar-refractivity contribution < 1.29 is 4.42 Å². The number of benzene rings is 1. The maximum atomic E-state index is 6.11. The van der Waals surface area contributed by atoms with Gasteiger partial charge < -0.3 is 4.42 Å². The van der Waals surface area contributed by atoms with Crippen LogP contribution in [0, 0.1) is 13.8 Å². The molecule has 1 saturated heterocycles. The molecular weight excluding hydrogens is 288 g/mol. The Kier molecular flexibility index (Phi) is 3.65. The molecule has 3 aromatic rings. The van der Waals surface area contributed by atoms with Crippen molar-refractivity contribution in [2.45, 2.75) is 39.2 Å². The zero-order chi connectivity index (χ0) is 15.8. The average Bonchev–Trinajstić information content (AvgIpc) is 3.18. The van der Waals surface area contributed by atoms with Crippen LogP contribution in [0.5, 0.6) is 0 Å². The van der Waals surface area contributed by atoms with Crippen molar-refractivity contribution >= 4 is 11.0 Å². The van der Waals surface area contributed by atoms with Gasteiger partial charge in [0.05, 0.1) is 6.54 Å². The Morgan fingerprint density at radius 3 is 3.09 bits per heavy atom. The number of nitrogens with zero attached hydrogens (tertiary/aromatic N) is 3. The Morgan fingerprint density at radius 1 is 1.35 bits per heavy atom. The van der Waals surface area contributed by atoms with E-state index in [-0.39, 0.29) is 0 Å². The standard InChI is InChI=1S/C18H22N4O/c1-12-5-6-16-15(8-12)13(2)17(23-16)10-22-7-3-4-14(9-22)18-19-11-20-21-18/h5-6,8,11,14H,3-4,7,9-10H2,1-2H3,(H,19,20,21)/t14-/m1/s1. The molecule has 1 N–H and O–H groups in total. The maximum Gasteiger partial charge on any atom is 0.137 e. The summed E-state index contributed by atoms with van der Waals surface area (Å²) in [6.45, 7) is 7.27. The molecule has 1 fully saturated rings. The second-order valence-electron chi connectivity index (χ2n) is 6.59. The van der Waals surface area contributed by atoms with Gasteiger partial charge in [0.15, 0.2) is 0 Å². The lowest BCUT2D eigenvalue weighted by Gasteiger charge is -2.31. The van der Waals surface area contributed by atoms with Gasteiger partial charge >= 0.3 is 0 Å². The van der Waals surface area contributed by atoms with Gasteiger partial charge in [0.25, 0.3) is 0 Å². The summed E-state index contributed by atoms with van der Waals surface area (Å²) in [5.74, 6) is 2.54. The van der Waals surface area contributed by atoms with Crippen LogP contribution in [0.15, 0.2) is 28.9 Å². The van der Waals surface area contributed by atoms with Gasteiger partial charge in [-0.2, -0.15) is 5.10 Å². The van der Waals surface area contributed by atoms with E-state index in [9.17, 15) is 0 Å². The Bertz CT molecular complexity index is 806. The van der Waals surface area contributed by atoms with Crippen LogP contribution in [0.4, 0.5) is 0 Å². The SMILES string of the molecule is Cc1ccc2oc(CN3CCC[C@@H](c4ncn[nH]4)C3)c(C)c2c1. The fourth-order valence-electron chi connectivity index (χ4n) is 3.57. The van der Waals surface area contributed by atoms with Crippen molar-refractivity contribution in [3.8, 4) is 0 Å². The zero-order valence-corrected chi connectivity index (χ0v) is 13.7. The first-order valence-electron chi connectivity index (χ1n) is 8.27. The van der Waals surface area contributed by atoms with Gasteiger partial charge in [0, 0.05) is 17.8 Å². The number of fused-ring (bicyclic) bond motifs is 1. The number of H-pyrrole nitrogens is 1. The normalized spacial score (nSPS) is 19.5. The average molecular weight is 310 g/mol. The Balaban J connectivity index is 1.54. The Hall–Kier alpha value is -2.14. The molecule has 0 unspecified atom stereocenters. The van der Waals surface area contributed by atoms with Crippen molar-refractivity contribution in [3.05, 3.63) is 47.2 Å². The van der Waals surface area contributed by atoms with E-state index in [1.54, 1.807) is 6.33 Å². The topological polar surface area (TPSA) is 58.0 Å². The Morgan fingerprint density at radius 2 is 2.26 bits per heavy atom. The summed E-state index contributed by atoms with van der Waals surface area (Å²) in [4.78, 5) is 6.79. The summed E-state index contributed by atoms with van der Waals surface area (Å²) in [5, 5.41) is 8.24. The minimum absolute atomic E-state index is 0.443. The van der Waals surface area contributed by atoms with Crippen molar-refractivity contribution in [3.63, 3.8) is 0 Å². The van der Waals surface area contributed by atoms with Gasteiger partial charge in [0.2, 0.25) is 0 Å². The summed E-state index contributed by atoms with van der Waals surface area (Å²) in [7, 11) is 0. The largest absolute Gasteiger partial charge is 0.459 e. The highest BCUT2D eigenvalue weighted by molar-refractivity contribution is 5.82. The van der Waals surface area contributed by atoms with Crippen LogP contribution in [0.25, 0.3) is 11.0 Å². The number of furan rings is 1. The molecule has 23 heavy (non-hydrogen) atoms. The van der Waals surface area contributed by atoms with Crippen molar-refractivity contribution in [1.29, 1.82) is 0 Å². The minimum Gasteiger partial charge on any atom is -0.459 e. The second-order valence-corrected chi connectivity index (χ2v) is 6.59. The van der Waals surface area contributed by atoms with Crippen LogP contribution in [-0.4, -0.2) is 33.2 Å². The molecule has 3 heterocycles. The van der Waals surface area contributed by atoms with E-state index < -0.39 is 0 Å². The third-order valence-electron chi connectivity index (χ3n) is 4.88. The molecule has 0 amide bonds. The third-order valence-corrected chi connectivity index (χ3v) is 4.88. The summed E-state index contributed by atoms with van der Waals surface area (Å²) in [6, 6.07) is 6.40. The molecule has 0 bridgehead atoms. The highest BCUT2D eigenvalue weighted by Gasteiger charge is 2.24. The fraction of sp³-hybridized carbons (Fsp3) is 0.444. The summed E-state index contributed by atoms with van der Waals surface area (Å²) >= 11 is 0. The number of rotatable bonds is 3. The van der Waals surface area contributed by atoms with Crippen LogP contribution in [0.2, 0.25) is 0 Å². The molecule has 0 spiro atoms. The molecule has 0 saturated carbocycles. The summed E-state index contributed by atoms with van der Waals surface area (Å²) in [5.41, 5.74) is 3.54. The van der Waals surface area contributed by atoms with E-state index in [1.807, 2.05) is 0 Å². The lowest BCUT2D eigenvalue weighted by molar-refractivity contribution is 0.184. The van der Waals surface area contributed by atoms with E-state index in [0.717, 1.165) is 36.8 Å². The molecule has 1 aliphatic heterocycles. The third kappa shape index (κ3) is 2.77. The number of hydrogen-bond donors (Lipinski definition) is 1. The summed E-state index contributed by atoms with van der Waals surface area (Å²) in [6.07, 6.45) is 3.95. The molecule has 120 valence electrons. The van der Waals surface area contributed by atoms with Gasteiger partial charge in [-0.1, -0.05) is 11.6 Å². The first kappa shape index (κ1) is 14.5. The number of likely N-dealkylation sites (tertiary alicyclic amines) is 1. The number of nitrogens with one attached hydrogen (secondary N) is 1. The quantitative estimate of drug-likeness (QED) is 0.804. The highest BCUT2D eigenvalue weighted by atomic mass is 16.3. The predicted molar refractivity (Wildman–Crippen MR) is 89.3 cm³/mol. The molecule has 0 radical (unpaired) electrons. The maximum absolute atomic E-state index is 6.11. The minimum atomic E-state index is 0.443. The number of aromatic nitrogens is 3. The number of aryl methyl sites for hydroxylation is 2. The predicted octanol–water partition coefficient (Wildman–Crippen LogP) is 3.55. The molecule has 2 aromatic heterocycles. The smallest absolute Gasteiger partial charge is 0.137 e. The van der Waals surface area contributed by atoms with E-state index in [2.05, 4.69) is 52.1 Å². The van der Waals surface area contributed by atoms with Crippen LogP contribution in [-0.2, 0) is 6.54 Å². The van der Waals surface area contributed by atoms with Crippen molar-refractivity contribution in [2.24, 2.45) is 0 Å². The number of piperidine rings is 1. The van der Waals surface area contributed by atoms with Gasteiger partial charge in [-0.05, 0) is 50.9 Å². The van der Waals surface area contributed by atoms with Crippen LogP contribution < -0.4 is 0 Å². The van der Waals surface area contributed by atoms with Gasteiger partial charge in [-0.15, -0.1) is 0 Å².